The molecule has 0 bridgehead atoms. The van der Waals surface area contributed by atoms with E-state index in [-0.39, 0.29) is 0 Å². The van der Waals surface area contributed by atoms with Gasteiger partial charge in [-0.05, 0) is 51.2 Å². The summed E-state index contributed by atoms with van der Waals surface area (Å²) >= 11 is 0. The Labute approximate surface area is 144 Å². The van der Waals surface area contributed by atoms with Crippen molar-refractivity contribution in [2.24, 2.45) is 0 Å². The molecular weight excluding hydrogens is 296 g/mol. The average Bonchev–Trinajstić information content (AvgIpc) is 2.62. The van der Waals surface area contributed by atoms with Crippen molar-refractivity contribution >= 4 is 17.5 Å². The van der Waals surface area contributed by atoms with Gasteiger partial charge in [0.25, 0.3) is 0 Å². The molecule has 126 valence electrons. The molecule has 0 saturated carbocycles. The largest absolute Gasteiger partial charge is 0.370 e. The molecule has 0 spiro atoms. The third-order valence-corrected chi connectivity index (χ3v) is 4.42. The number of hydrogen-bond donors (Lipinski definition) is 1. The average molecular weight is 322 g/mol. The third kappa shape index (κ3) is 4.34. The summed E-state index contributed by atoms with van der Waals surface area (Å²) in [6, 6.07) is 12.2. The Morgan fingerprint density at radius 1 is 1.12 bits per heavy atom. The summed E-state index contributed by atoms with van der Waals surface area (Å²) in [6.07, 6.45) is 8.69. The van der Waals surface area contributed by atoms with E-state index in [1.54, 1.807) is 5.57 Å². The molecular formula is C20H26N4. The second-order valence-corrected chi connectivity index (χ2v) is 6.37. The van der Waals surface area contributed by atoms with Gasteiger partial charge in [0.15, 0.2) is 0 Å². The van der Waals surface area contributed by atoms with Gasteiger partial charge >= 0.3 is 0 Å². The molecule has 0 fully saturated rings. The van der Waals surface area contributed by atoms with Crippen LogP contribution in [-0.4, -0.2) is 23.6 Å². The summed E-state index contributed by atoms with van der Waals surface area (Å²) in [5.74, 6) is 1.62. The van der Waals surface area contributed by atoms with E-state index in [0.29, 0.717) is 0 Å². The van der Waals surface area contributed by atoms with Crippen molar-refractivity contribution in [3.05, 3.63) is 53.7 Å². The third-order valence-electron chi connectivity index (χ3n) is 4.42. The minimum atomic E-state index is 0.723. The first-order valence-corrected chi connectivity index (χ1v) is 8.78. The maximum atomic E-state index is 4.68. The summed E-state index contributed by atoms with van der Waals surface area (Å²) in [5, 5.41) is 3.46. The maximum Gasteiger partial charge on any atom is 0.231 e. The number of aryl methyl sites for hydroxylation is 1. The van der Waals surface area contributed by atoms with Crippen LogP contribution in [0.3, 0.4) is 0 Å². The molecule has 1 aromatic carbocycles. The van der Waals surface area contributed by atoms with E-state index in [9.17, 15) is 0 Å². The molecule has 24 heavy (non-hydrogen) atoms. The van der Waals surface area contributed by atoms with Gasteiger partial charge in [-0.15, -0.1) is 0 Å². The van der Waals surface area contributed by atoms with Gasteiger partial charge in [-0.25, -0.2) is 4.98 Å². The van der Waals surface area contributed by atoms with Crippen LogP contribution in [0, 0.1) is 6.92 Å². The van der Waals surface area contributed by atoms with Crippen molar-refractivity contribution in [1.29, 1.82) is 0 Å². The highest BCUT2D eigenvalue weighted by Crippen LogP contribution is 2.22. The van der Waals surface area contributed by atoms with Gasteiger partial charge in [-0.2, -0.15) is 4.98 Å². The van der Waals surface area contributed by atoms with Crippen LogP contribution in [0.4, 0.5) is 17.5 Å². The van der Waals surface area contributed by atoms with E-state index < -0.39 is 0 Å². The van der Waals surface area contributed by atoms with Crippen LogP contribution >= 0.6 is 0 Å². The van der Waals surface area contributed by atoms with Crippen molar-refractivity contribution in [3.63, 3.8) is 0 Å². The summed E-state index contributed by atoms with van der Waals surface area (Å²) < 4.78 is 0. The van der Waals surface area contributed by atoms with Crippen LogP contribution < -0.4 is 10.2 Å². The minimum absolute atomic E-state index is 0.723. The SMILES string of the molecule is Cc1cc(NCCC2=CCCCC2)nc(N(C)c2ccccc2)n1. The molecule has 1 aliphatic carbocycles. The molecule has 1 aromatic heterocycles. The van der Waals surface area contributed by atoms with Gasteiger partial charge in [-0.1, -0.05) is 29.8 Å². The fraction of sp³-hybridized carbons (Fsp3) is 0.400. The quantitative estimate of drug-likeness (QED) is 0.771. The van der Waals surface area contributed by atoms with Gasteiger partial charge in [0, 0.05) is 31.0 Å². The Morgan fingerprint density at radius 2 is 1.96 bits per heavy atom. The predicted molar refractivity (Wildman–Crippen MR) is 101 cm³/mol. The molecule has 0 saturated heterocycles. The Hall–Kier alpha value is -2.36. The molecule has 4 nitrogen and oxygen atoms in total. The lowest BCUT2D eigenvalue weighted by atomic mass is 9.97. The predicted octanol–water partition coefficient (Wildman–Crippen LogP) is 4.86. The summed E-state index contributed by atoms with van der Waals surface area (Å²) in [4.78, 5) is 11.3. The number of anilines is 3. The number of nitrogens with one attached hydrogen (secondary N) is 1. The number of rotatable bonds is 6. The molecule has 0 amide bonds. The van der Waals surface area contributed by atoms with Gasteiger partial charge in [0.1, 0.15) is 5.82 Å². The molecule has 1 aliphatic rings. The highest BCUT2D eigenvalue weighted by atomic mass is 15.2. The van der Waals surface area contributed by atoms with E-state index in [1.165, 1.54) is 25.7 Å². The molecule has 1 heterocycles. The fourth-order valence-electron chi connectivity index (χ4n) is 3.04. The molecule has 4 heteroatoms. The van der Waals surface area contributed by atoms with Crippen molar-refractivity contribution in [3.8, 4) is 0 Å². The van der Waals surface area contributed by atoms with E-state index in [0.717, 1.165) is 36.1 Å². The second-order valence-electron chi connectivity index (χ2n) is 6.37. The topological polar surface area (TPSA) is 41.1 Å². The van der Waals surface area contributed by atoms with Crippen LogP contribution in [0.15, 0.2) is 48.0 Å². The first-order valence-electron chi connectivity index (χ1n) is 8.78. The first kappa shape index (κ1) is 16.5. The fourth-order valence-corrected chi connectivity index (χ4v) is 3.04. The van der Waals surface area contributed by atoms with E-state index in [2.05, 4.69) is 33.5 Å². The highest BCUT2D eigenvalue weighted by molar-refractivity contribution is 5.57. The standard InChI is InChI=1S/C20H26N4/c1-16-15-19(21-14-13-17-9-5-3-6-10-17)23-20(22-16)24(2)18-11-7-4-8-12-18/h4,7-9,11-12,15H,3,5-6,10,13-14H2,1-2H3,(H,21,22,23). The molecule has 2 aromatic rings. The molecule has 0 atom stereocenters. The van der Waals surface area contributed by atoms with E-state index in [4.69, 9.17) is 0 Å². The highest BCUT2D eigenvalue weighted by Gasteiger charge is 2.09. The zero-order chi connectivity index (χ0) is 16.8. The van der Waals surface area contributed by atoms with Crippen molar-refractivity contribution < 1.29 is 0 Å². The number of aromatic nitrogens is 2. The molecule has 0 radical (unpaired) electrons. The molecule has 0 aliphatic heterocycles. The van der Waals surface area contributed by atoms with Crippen molar-refractivity contribution in [1.82, 2.24) is 9.97 Å². The lowest BCUT2D eigenvalue weighted by molar-refractivity contribution is 0.679. The smallest absolute Gasteiger partial charge is 0.231 e. The maximum absolute atomic E-state index is 4.68. The molecule has 1 N–H and O–H groups in total. The lowest BCUT2D eigenvalue weighted by Gasteiger charge is -2.19. The van der Waals surface area contributed by atoms with Gasteiger partial charge in [0.2, 0.25) is 5.95 Å². The van der Waals surface area contributed by atoms with Crippen molar-refractivity contribution in [2.45, 2.75) is 39.0 Å². The van der Waals surface area contributed by atoms with Crippen LogP contribution in [0.5, 0.6) is 0 Å². The Bertz CT molecular complexity index is 694. The van der Waals surface area contributed by atoms with Crippen LogP contribution in [0.1, 0.15) is 37.8 Å². The number of nitrogens with zero attached hydrogens (tertiary/aromatic N) is 3. The lowest BCUT2D eigenvalue weighted by Crippen LogP contribution is -2.15. The summed E-state index contributed by atoms with van der Waals surface area (Å²) in [7, 11) is 2.00. The Balaban J connectivity index is 1.66. The zero-order valence-corrected chi connectivity index (χ0v) is 14.6. The van der Waals surface area contributed by atoms with Crippen LogP contribution in [0.2, 0.25) is 0 Å². The summed E-state index contributed by atoms with van der Waals surface area (Å²) in [6.45, 7) is 2.94. The van der Waals surface area contributed by atoms with Crippen LogP contribution in [-0.2, 0) is 0 Å². The van der Waals surface area contributed by atoms with E-state index in [1.807, 2.05) is 43.1 Å². The number of para-hydroxylation sites is 1. The minimum Gasteiger partial charge on any atom is -0.370 e. The molecule has 0 unspecified atom stereocenters. The van der Waals surface area contributed by atoms with Crippen molar-refractivity contribution in [2.75, 3.05) is 23.8 Å². The normalized spacial score (nSPS) is 14.2. The number of allylic oxidation sites excluding steroid dienone is 1. The zero-order valence-electron chi connectivity index (χ0n) is 14.6. The second kappa shape index (κ2) is 7.95. The number of benzene rings is 1. The Morgan fingerprint density at radius 3 is 2.71 bits per heavy atom. The van der Waals surface area contributed by atoms with Gasteiger partial charge in [-0.3, -0.25) is 0 Å². The van der Waals surface area contributed by atoms with Crippen LogP contribution in [0.25, 0.3) is 0 Å². The number of hydrogen-bond acceptors (Lipinski definition) is 4. The summed E-state index contributed by atoms with van der Waals surface area (Å²) in [5.41, 5.74) is 3.64. The van der Waals surface area contributed by atoms with Gasteiger partial charge in [0.05, 0.1) is 0 Å². The van der Waals surface area contributed by atoms with Gasteiger partial charge < -0.3 is 10.2 Å². The van der Waals surface area contributed by atoms with E-state index >= 15 is 0 Å². The first-order chi connectivity index (χ1) is 11.7. The monoisotopic (exact) mass is 322 g/mol. The molecule has 3 rings (SSSR count). The Kier molecular flexibility index (Phi) is 5.47.